The third-order valence-corrected chi connectivity index (χ3v) is 6.00. The summed E-state index contributed by atoms with van der Waals surface area (Å²) in [6.45, 7) is 2.39. The lowest BCUT2D eigenvalue weighted by Crippen LogP contribution is -2.30. The number of aryl methyl sites for hydroxylation is 1. The van der Waals surface area contributed by atoms with Gasteiger partial charge in [0.25, 0.3) is 5.91 Å². The van der Waals surface area contributed by atoms with Crippen LogP contribution in [0, 0.1) is 6.92 Å². The van der Waals surface area contributed by atoms with Gasteiger partial charge in [0.05, 0.1) is 25.5 Å². The second-order valence-electron chi connectivity index (χ2n) is 6.74. The largest absolute Gasteiger partial charge is 0.497 e. The summed E-state index contributed by atoms with van der Waals surface area (Å²) in [6.07, 6.45) is 3.47. The number of benzene rings is 2. The van der Waals surface area contributed by atoms with Gasteiger partial charge in [0.2, 0.25) is 0 Å². The first-order chi connectivity index (χ1) is 14.6. The minimum Gasteiger partial charge on any atom is -0.497 e. The number of carbonyl (C=O) groups is 1. The summed E-state index contributed by atoms with van der Waals surface area (Å²) < 4.78 is 11.7. The quantitative estimate of drug-likeness (QED) is 0.446. The molecule has 0 spiro atoms. The SMILES string of the molecule is COc1ccc(C(=O)N(Cc2cccnc2)c2nc3c(OC)ccc(C)c3s2)cc1. The second-order valence-corrected chi connectivity index (χ2v) is 7.72. The lowest BCUT2D eigenvalue weighted by Gasteiger charge is -2.20. The summed E-state index contributed by atoms with van der Waals surface area (Å²) in [4.78, 5) is 24.1. The van der Waals surface area contributed by atoms with E-state index in [1.165, 1.54) is 11.3 Å². The van der Waals surface area contributed by atoms with Crippen LogP contribution in [0.25, 0.3) is 10.2 Å². The van der Waals surface area contributed by atoms with E-state index in [-0.39, 0.29) is 5.91 Å². The molecule has 0 N–H and O–H groups in total. The molecule has 0 saturated carbocycles. The lowest BCUT2D eigenvalue weighted by atomic mass is 10.2. The number of amides is 1. The number of thiazole rings is 1. The van der Waals surface area contributed by atoms with Crippen LogP contribution < -0.4 is 14.4 Å². The molecule has 4 aromatic rings. The van der Waals surface area contributed by atoms with Crippen molar-refractivity contribution < 1.29 is 14.3 Å². The molecule has 0 radical (unpaired) electrons. The van der Waals surface area contributed by atoms with Crippen LogP contribution >= 0.6 is 11.3 Å². The van der Waals surface area contributed by atoms with Gasteiger partial charge in [-0.15, -0.1) is 0 Å². The molecule has 2 aromatic carbocycles. The van der Waals surface area contributed by atoms with Crippen LogP contribution in [0.1, 0.15) is 21.5 Å². The van der Waals surface area contributed by atoms with Crippen molar-refractivity contribution in [3.05, 3.63) is 77.6 Å². The van der Waals surface area contributed by atoms with E-state index in [9.17, 15) is 4.79 Å². The van der Waals surface area contributed by atoms with Crippen molar-refractivity contribution in [1.29, 1.82) is 0 Å². The maximum absolute atomic E-state index is 13.5. The van der Waals surface area contributed by atoms with Crippen molar-refractivity contribution in [3.8, 4) is 11.5 Å². The molecule has 6 nitrogen and oxygen atoms in total. The van der Waals surface area contributed by atoms with Crippen LogP contribution in [0.4, 0.5) is 5.13 Å². The molecule has 0 atom stereocenters. The Morgan fingerprint density at radius 1 is 1.07 bits per heavy atom. The first kappa shape index (κ1) is 19.8. The number of rotatable bonds is 6. The van der Waals surface area contributed by atoms with Crippen LogP contribution in [0.15, 0.2) is 60.9 Å². The fourth-order valence-electron chi connectivity index (χ4n) is 3.17. The highest BCUT2D eigenvalue weighted by Crippen LogP contribution is 2.37. The molecular formula is C23H21N3O3S. The third kappa shape index (κ3) is 3.84. The molecule has 7 heteroatoms. The normalized spacial score (nSPS) is 10.8. The first-order valence-corrected chi connectivity index (χ1v) is 10.2. The zero-order valence-corrected chi connectivity index (χ0v) is 17.8. The summed E-state index contributed by atoms with van der Waals surface area (Å²) >= 11 is 1.48. The van der Waals surface area contributed by atoms with Crippen LogP contribution in [0.3, 0.4) is 0 Å². The van der Waals surface area contributed by atoms with Gasteiger partial charge in [0.1, 0.15) is 17.0 Å². The smallest absolute Gasteiger partial charge is 0.260 e. The van der Waals surface area contributed by atoms with Gasteiger partial charge in [0, 0.05) is 18.0 Å². The molecule has 152 valence electrons. The number of anilines is 1. The Hall–Kier alpha value is -3.45. The zero-order chi connectivity index (χ0) is 21.1. The number of fused-ring (bicyclic) bond motifs is 1. The molecule has 0 aliphatic carbocycles. The molecule has 0 bridgehead atoms. The Morgan fingerprint density at radius 2 is 1.87 bits per heavy atom. The van der Waals surface area contributed by atoms with E-state index < -0.39 is 0 Å². The maximum Gasteiger partial charge on any atom is 0.260 e. The van der Waals surface area contributed by atoms with E-state index in [1.807, 2.05) is 31.2 Å². The maximum atomic E-state index is 13.5. The second kappa shape index (κ2) is 8.51. The Balaban J connectivity index is 1.79. The number of hydrogen-bond acceptors (Lipinski definition) is 6. The number of aromatic nitrogens is 2. The number of nitrogens with zero attached hydrogens (tertiary/aromatic N) is 3. The van der Waals surface area contributed by atoms with E-state index in [0.717, 1.165) is 21.3 Å². The van der Waals surface area contributed by atoms with Gasteiger partial charge < -0.3 is 9.47 Å². The summed E-state index contributed by atoms with van der Waals surface area (Å²) in [5, 5.41) is 0.613. The number of ether oxygens (including phenoxy) is 2. The standard InChI is InChI=1S/C23H21N3O3S/c1-15-6-11-19(29-3)20-21(15)30-23(25-20)26(14-16-5-4-12-24-13-16)22(27)17-7-9-18(28-2)10-8-17/h4-13H,14H2,1-3H3. The van der Waals surface area contributed by atoms with Crippen molar-refractivity contribution in [2.75, 3.05) is 19.1 Å². The van der Waals surface area contributed by atoms with Crippen molar-refractivity contribution >= 4 is 32.6 Å². The van der Waals surface area contributed by atoms with E-state index in [0.29, 0.717) is 28.7 Å². The highest BCUT2D eigenvalue weighted by atomic mass is 32.1. The molecule has 0 saturated heterocycles. The minimum atomic E-state index is -0.141. The van der Waals surface area contributed by atoms with E-state index in [1.54, 1.807) is 55.8 Å². The van der Waals surface area contributed by atoms with Crippen LogP contribution in [0.5, 0.6) is 11.5 Å². The van der Waals surface area contributed by atoms with Gasteiger partial charge >= 0.3 is 0 Å². The van der Waals surface area contributed by atoms with E-state index in [2.05, 4.69) is 4.98 Å². The summed E-state index contributed by atoms with van der Waals surface area (Å²) in [6, 6.07) is 14.8. The average Bonchev–Trinajstić information content (AvgIpc) is 3.24. The van der Waals surface area contributed by atoms with Crippen molar-refractivity contribution in [3.63, 3.8) is 0 Å². The molecule has 2 heterocycles. The van der Waals surface area contributed by atoms with Crippen LogP contribution in [-0.4, -0.2) is 30.1 Å². The Labute approximate surface area is 178 Å². The van der Waals surface area contributed by atoms with Crippen molar-refractivity contribution in [2.24, 2.45) is 0 Å². The molecule has 30 heavy (non-hydrogen) atoms. The molecule has 0 aliphatic rings. The monoisotopic (exact) mass is 419 g/mol. The number of methoxy groups -OCH3 is 2. The first-order valence-electron chi connectivity index (χ1n) is 9.39. The van der Waals surface area contributed by atoms with Crippen LogP contribution in [0.2, 0.25) is 0 Å². The lowest BCUT2D eigenvalue weighted by molar-refractivity contribution is 0.0985. The summed E-state index contributed by atoms with van der Waals surface area (Å²) in [5.74, 6) is 1.25. The van der Waals surface area contributed by atoms with Gasteiger partial charge in [0.15, 0.2) is 5.13 Å². The molecule has 4 rings (SSSR count). The van der Waals surface area contributed by atoms with Crippen molar-refractivity contribution in [2.45, 2.75) is 13.5 Å². The van der Waals surface area contributed by atoms with Gasteiger partial charge in [-0.25, -0.2) is 4.98 Å². The fourth-order valence-corrected chi connectivity index (χ4v) is 4.22. The highest BCUT2D eigenvalue weighted by Gasteiger charge is 2.23. The minimum absolute atomic E-state index is 0.141. The molecule has 2 aromatic heterocycles. The third-order valence-electron chi connectivity index (χ3n) is 4.79. The Kier molecular flexibility index (Phi) is 5.63. The number of hydrogen-bond donors (Lipinski definition) is 0. The van der Waals surface area contributed by atoms with E-state index >= 15 is 0 Å². The van der Waals surface area contributed by atoms with Gasteiger partial charge in [-0.3, -0.25) is 14.7 Å². The highest BCUT2D eigenvalue weighted by molar-refractivity contribution is 7.22. The zero-order valence-electron chi connectivity index (χ0n) is 17.0. The number of carbonyl (C=O) groups excluding carboxylic acids is 1. The van der Waals surface area contributed by atoms with Gasteiger partial charge in [-0.2, -0.15) is 0 Å². The predicted octanol–water partition coefficient (Wildman–Crippen LogP) is 4.86. The van der Waals surface area contributed by atoms with Gasteiger partial charge in [-0.1, -0.05) is 23.5 Å². The topological polar surface area (TPSA) is 64.5 Å². The summed E-state index contributed by atoms with van der Waals surface area (Å²) in [5.41, 5.74) is 3.33. The van der Waals surface area contributed by atoms with Gasteiger partial charge in [-0.05, 0) is 54.4 Å². The summed E-state index contributed by atoms with van der Waals surface area (Å²) in [7, 11) is 3.22. The number of pyridine rings is 1. The molecule has 0 aliphatic heterocycles. The predicted molar refractivity (Wildman–Crippen MR) is 119 cm³/mol. The molecular weight excluding hydrogens is 398 g/mol. The van der Waals surface area contributed by atoms with E-state index in [4.69, 9.17) is 14.5 Å². The Morgan fingerprint density at radius 3 is 2.53 bits per heavy atom. The fraction of sp³-hybridized carbons (Fsp3) is 0.174. The molecule has 0 unspecified atom stereocenters. The average molecular weight is 420 g/mol. The molecule has 1 amide bonds. The Bertz CT molecular complexity index is 1170. The van der Waals surface area contributed by atoms with Crippen LogP contribution in [-0.2, 0) is 6.54 Å². The molecule has 0 fully saturated rings. The van der Waals surface area contributed by atoms with Crippen molar-refractivity contribution in [1.82, 2.24) is 9.97 Å².